The number of methoxy groups -OCH3 is 1. The summed E-state index contributed by atoms with van der Waals surface area (Å²) in [5.41, 5.74) is 0.971. The van der Waals surface area contributed by atoms with Gasteiger partial charge in [-0.2, -0.15) is 0 Å². The molecule has 14 heavy (non-hydrogen) atoms. The first-order chi connectivity index (χ1) is 6.77. The molecule has 0 heterocycles. The minimum Gasteiger partial charge on any atom is -0.463 e. The molecule has 0 amide bonds. The second kappa shape index (κ2) is 5.03. The zero-order chi connectivity index (χ0) is 10.4. The molecule has 0 aromatic heterocycles. The lowest BCUT2D eigenvalue weighted by atomic mass is 10.1. The first-order valence-electron chi connectivity index (χ1n) is 4.26. The standard InChI is InChI=1S/C11H11NO2/c1-12-10(11(13)14-2)8-9-6-4-3-5-7-9/h3-7,10H,8H2,2H3. The summed E-state index contributed by atoms with van der Waals surface area (Å²) < 4.78 is 4.52. The highest BCUT2D eigenvalue weighted by atomic mass is 16.5. The molecule has 0 fully saturated rings. The number of hydrogen-bond donors (Lipinski definition) is 0. The van der Waals surface area contributed by atoms with Gasteiger partial charge in [0.2, 0.25) is 0 Å². The maximum absolute atomic E-state index is 11.1. The van der Waals surface area contributed by atoms with Crippen molar-refractivity contribution in [3.63, 3.8) is 0 Å². The van der Waals surface area contributed by atoms with Gasteiger partial charge in [0.25, 0.3) is 0 Å². The summed E-state index contributed by atoms with van der Waals surface area (Å²) in [7, 11) is 1.30. The number of carbonyl (C=O) groups excluding carboxylic acids is 1. The van der Waals surface area contributed by atoms with Gasteiger partial charge in [0.05, 0.1) is 13.5 Å². The summed E-state index contributed by atoms with van der Waals surface area (Å²) in [6.07, 6.45) is 0.414. The van der Waals surface area contributed by atoms with Crippen LogP contribution in [0.25, 0.3) is 4.85 Å². The predicted octanol–water partition coefficient (Wildman–Crippen LogP) is 1.69. The second-order valence-electron chi connectivity index (χ2n) is 2.86. The van der Waals surface area contributed by atoms with Crippen molar-refractivity contribution in [1.29, 1.82) is 0 Å². The molecule has 0 saturated carbocycles. The van der Waals surface area contributed by atoms with E-state index in [9.17, 15) is 4.79 Å². The minimum absolute atomic E-state index is 0.414. The van der Waals surface area contributed by atoms with Gasteiger partial charge >= 0.3 is 12.0 Å². The molecule has 72 valence electrons. The summed E-state index contributed by atoms with van der Waals surface area (Å²) in [5.74, 6) is -0.469. The summed E-state index contributed by atoms with van der Waals surface area (Å²) in [6, 6.07) is 8.72. The Labute approximate surface area is 83.1 Å². The Morgan fingerprint density at radius 3 is 2.64 bits per heavy atom. The maximum atomic E-state index is 11.1. The van der Waals surface area contributed by atoms with Crippen molar-refractivity contribution >= 4 is 5.97 Å². The van der Waals surface area contributed by atoms with Crippen molar-refractivity contribution < 1.29 is 9.53 Å². The molecule has 0 radical (unpaired) electrons. The van der Waals surface area contributed by atoms with Gasteiger partial charge in [0.1, 0.15) is 0 Å². The molecule has 1 atom stereocenters. The second-order valence-corrected chi connectivity index (χ2v) is 2.86. The molecule has 1 rings (SSSR count). The number of esters is 1. The lowest BCUT2D eigenvalue weighted by Gasteiger charge is -2.02. The molecular formula is C11H11NO2. The molecule has 0 aliphatic carbocycles. The van der Waals surface area contributed by atoms with Gasteiger partial charge in [0.15, 0.2) is 0 Å². The molecule has 1 unspecified atom stereocenters. The van der Waals surface area contributed by atoms with Crippen LogP contribution in [0.15, 0.2) is 30.3 Å². The van der Waals surface area contributed by atoms with E-state index in [0.717, 1.165) is 5.56 Å². The maximum Gasteiger partial charge on any atom is 0.390 e. The monoisotopic (exact) mass is 189 g/mol. The molecule has 3 nitrogen and oxygen atoms in total. The number of nitrogens with zero attached hydrogens (tertiary/aromatic N) is 1. The molecule has 0 saturated heterocycles. The van der Waals surface area contributed by atoms with Gasteiger partial charge in [-0.05, 0) is 5.56 Å². The van der Waals surface area contributed by atoms with Crippen LogP contribution in [-0.4, -0.2) is 19.1 Å². The fourth-order valence-corrected chi connectivity index (χ4v) is 1.16. The molecule has 0 aliphatic rings. The number of ether oxygens (including phenoxy) is 1. The minimum atomic E-state index is -0.720. The Bertz CT molecular complexity index is 340. The van der Waals surface area contributed by atoms with Crippen LogP contribution in [0.5, 0.6) is 0 Å². The Morgan fingerprint density at radius 2 is 2.14 bits per heavy atom. The molecule has 3 heteroatoms. The number of benzene rings is 1. The van der Waals surface area contributed by atoms with E-state index in [1.54, 1.807) is 0 Å². The van der Waals surface area contributed by atoms with Crippen LogP contribution in [0, 0.1) is 6.57 Å². The van der Waals surface area contributed by atoms with Gasteiger partial charge in [-0.3, -0.25) is 0 Å². The summed E-state index contributed by atoms with van der Waals surface area (Å²) >= 11 is 0. The first-order valence-corrected chi connectivity index (χ1v) is 4.26. The van der Waals surface area contributed by atoms with E-state index in [2.05, 4.69) is 9.58 Å². The van der Waals surface area contributed by atoms with Crippen LogP contribution in [0.1, 0.15) is 5.56 Å². The smallest absolute Gasteiger partial charge is 0.390 e. The summed E-state index contributed by atoms with van der Waals surface area (Å²) in [6.45, 7) is 6.87. The molecule has 0 aliphatic heterocycles. The van der Waals surface area contributed by atoms with Gasteiger partial charge in [-0.1, -0.05) is 30.3 Å². The quantitative estimate of drug-likeness (QED) is 0.535. The van der Waals surface area contributed by atoms with E-state index in [-0.39, 0.29) is 0 Å². The molecule has 1 aromatic rings. The van der Waals surface area contributed by atoms with Crippen LogP contribution in [0.3, 0.4) is 0 Å². The highest BCUT2D eigenvalue weighted by molar-refractivity contribution is 5.77. The Kier molecular flexibility index (Phi) is 3.69. The highest BCUT2D eigenvalue weighted by Gasteiger charge is 2.24. The van der Waals surface area contributed by atoms with Crippen molar-refractivity contribution in [1.82, 2.24) is 0 Å². The topological polar surface area (TPSA) is 30.7 Å². The van der Waals surface area contributed by atoms with E-state index >= 15 is 0 Å². The van der Waals surface area contributed by atoms with Crippen molar-refractivity contribution in [3.8, 4) is 0 Å². The van der Waals surface area contributed by atoms with Gasteiger partial charge in [-0.25, -0.2) is 11.4 Å². The first kappa shape index (κ1) is 10.3. The Morgan fingerprint density at radius 1 is 1.50 bits per heavy atom. The third-order valence-corrected chi connectivity index (χ3v) is 1.90. The zero-order valence-corrected chi connectivity index (χ0v) is 7.93. The molecular weight excluding hydrogens is 178 g/mol. The van der Waals surface area contributed by atoms with Gasteiger partial charge < -0.3 is 9.58 Å². The third-order valence-electron chi connectivity index (χ3n) is 1.90. The van der Waals surface area contributed by atoms with E-state index < -0.39 is 12.0 Å². The summed E-state index contributed by atoms with van der Waals surface area (Å²) in [4.78, 5) is 14.3. The van der Waals surface area contributed by atoms with E-state index in [0.29, 0.717) is 6.42 Å². The van der Waals surface area contributed by atoms with E-state index in [4.69, 9.17) is 6.57 Å². The van der Waals surface area contributed by atoms with Crippen LogP contribution in [0.2, 0.25) is 0 Å². The predicted molar refractivity (Wildman–Crippen MR) is 52.6 cm³/mol. The average Bonchev–Trinajstić information content (AvgIpc) is 2.26. The normalized spacial score (nSPS) is 11.4. The van der Waals surface area contributed by atoms with Crippen LogP contribution in [0.4, 0.5) is 0 Å². The van der Waals surface area contributed by atoms with Gasteiger partial charge in [-0.15, -0.1) is 0 Å². The zero-order valence-electron chi connectivity index (χ0n) is 7.93. The SMILES string of the molecule is [C-]#[N+]C(Cc1ccccc1)C(=O)OC. The lowest BCUT2D eigenvalue weighted by molar-refractivity contribution is -0.141. The van der Waals surface area contributed by atoms with Gasteiger partial charge in [0, 0.05) is 0 Å². The van der Waals surface area contributed by atoms with Crippen molar-refractivity contribution in [3.05, 3.63) is 47.3 Å². The Balaban J connectivity index is 2.68. The largest absolute Gasteiger partial charge is 0.463 e. The lowest BCUT2D eigenvalue weighted by Crippen LogP contribution is -2.20. The van der Waals surface area contributed by atoms with Crippen molar-refractivity contribution in [2.24, 2.45) is 0 Å². The summed E-state index contributed by atoms with van der Waals surface area (Å²) in [5, 5.41) is 0. The fourth-order valence-electron chi connectivity index (χ4n) is 1.16. The number of carbonyl (C=O) groups is 1. The molecule has 0 N–H and O–H groups in total. The molecule has 0 spiro atoms. The number of hydrogen-bond acceptors (Lipinski definition) is 2. The molecule has 1 aromatic carbocycles. The Hall–Kier alpha value is -1.82. The van der Waals surface area contributed by atoms with E-state index in [1.807, 2.05) is 30.3 Å². The van der Waals surface area contributed by atoms with Crippen LogP contribution < -0.4 is 0 Å². The fraction of sp³-hybridized carbons (Fsp3) is 0.273. The van der Waals surface area contributed by atoms with Crippen LogP contribution >= 0.6 is 0 Å². The molecule has 0 bridgehead atoms. The van der Waals surface area contributed by atoms with Crippen molar-refractivity contribution in [2.75, 3.05) is 7.11 Å². The number of rotatable bonds is 3. The third kappa shape index (κ3) is 2.60. The van der Waals surface area contributed by atoms with Crippen molar-refractivity contribution in [2.45, 2.75) is 12.5 Å². The average molecular weight is 189 g/mol. The highest BCUT2D eigenvalue weighted by Crippen LogP contribution is 2.06. The van der Waals surface area contributed by atoms with E-state index in [1.165, 1.54) is 7.11 Å². The van der Waals surface area contributed by atoms with Crippen LogP contribution in [-0.2, 0) is 16.0 Å².